The van der Waals surface area contributed by atoms with Gasteiger partial charge in [-0.25, -0.2) is 17.5 Å². The topological polar surface area (TPSA) is 90.7 Å². The Morgan fingerprint density at radius 1 is 1.24 bits per heavy atom. The minimum atomic E-state index is -4.02. The minimum Gasteiger partial charge on any atom is -0.493 e. The van der Waals surface area contributed by atoms with Crippen LogP contribution in [0.1, 0.15) is 13.8 Å². The fraction of sp³-hybridized carbons (Fsp3) is 0.538. The third-order valence-corrected chi connectivity index (χ3v) is 4.53. The van der Waals surface area contributed by atoms with Gasteiger partial charge in [0.05, 0.1) is 14.2 Å². The Morgan fingerprint density at radius 3 is 2.24 bits per heavy atom. The maximum absolute atomic E-state index is 13.9. The van der Waals surface area contributed by atoms with E-state index in [1.807, 2.05) is 13.8 Å². The van der Waals surface area contributed by atoms with Crippen LogP contribution < -0.4 is 19.9 Å². The molecule has 21 heavy (non-hydrogen) atoms. The zero-order valence-electron chi connectivity index (χ0n) is 12.5. The Morgan fingerprint density at radius 2 is 1.76 bits per heavy atom. The van der Waals surface area contributed by atoms with Crippen LogP contribution in [0.4, 0.5) is 4.39 Å². The van der Waals surface area contributed by atoms with E-state index in [2.05, 4.69) is 4.72 Å². The maximum atomic E-state index is 13.9. The molecule has 0 radical (unpaired) electrons. The van der Waals surface area contributed by atoms with E-state index in [4.69, 9.17) is 15.2 Å². The fourth-order valence-corrected chi connectivity index (χ4v) is 2.71. The van der Waals surface area contributed by atoms with Crippen LogP contribution in [0.3, 0.4) is 0 Å². The number of ether oxygens (including phenoxy) is 2. The molecule has 0 heterocycles. The average Bonchev–Trinajstić information content (AvgIpc) is 2.43. The standard InChI is InChI=1S/C13H21FN2O4S/c1-8(2)10(15)7-16-21(17,18)13-6-12(20-4)11(19-3)5-9(13)14/h5-6,8,10,16H,7,15H2,1-4H3. The predicted octanol–water partition coefficient (Wildman–Crippen LogP) is 1.10. The molecule has 0 amide bonds. The van der Waals surface area contributed by atoms with Crippen molar-refractivity contribution in [3.05, 3.63) is 17.9 Å². The maximum Gasteiger partial charge on any atom is 0.243 e. The van der Waals surface area contributed by atoms with Gasteiger partial charge in [0.25, 0.3) is 0 Å². The molecule has 1 unspecified atom stereocenters. The van der Waals surface area contributed by atoms with Crippen molar-refractivity contribution in [3.8, 4) is 11.5 Å². The van der Waals surface area contributed by atoms with Crippen molar-refractivity contribution >= 4 is 10.0 Å². The van der Waals surface area contributed by atoms with E-state index in [9.17, 15) is 12.8 Å². The summed E-state index contributed by atoms with van der Waals surface area (Å²) >= 11 is 0. The number of hydrogen-bond donors (Lipinski definition) is 2. The number of methoxy groups -OCH3 is 2. The lowest BCUT2D eigenvalue weighted by Crippen LogP contribution is -2.40. The SMILES string of the molecule is COc1cc(F)c(S(=O)(=O)NCC(N)C(C)C)cc1OC. The molecule has 0 aliphatic rings. The van der Waals surface area contributed by atoms with E-state index in [-0.39, 0.29) is 30.0 Å². The first-order valence-corrected chi connectivity index (χ1v) is 7.88. The fourth-order valence-electron chi connectivity index (χ4n) is 1.56. The van der Waals surface area contributed by atoms with Crippen molar-refractivity contribution in [1.29, 1.82) is 0 Å². The lowest BCUT2D eigenvalue weighted by atomic mass is 10.1. The monoisotopic (exact) mass is 320 g/mol. The van der Waals surface area contributed by atoms with Crippen LogP contribution in [0.2, 0.25) is 0 Å². The second kappa shape index (κ2) is 7.06. The van der Waals surface area contributed by atoms with Gasteiger partial charge in [-0.3, -0.25) is 0 Å². The second-order valence-electron chi connectivity index (χ2n) is 4.90. The Kier molecular flexibility index (Phi) is 5.94. The zero-order chi connectivity index (χ0) is 16.2. The van der Waals surface area contributed by atoms with E-state index >= 15 is 0 Å². The average molecular weight is 320 g/mol. The van der Waals surface area contributed by atoms with Crippen LogP contribution in [0, 0.1) is 11.7 Å². The van der Waals surface area contributed by atoms with Gasteiger partial charge in [0, 0.05) is 24.7 Å². The molecule has 0 aliphatic heterocycles. The lowest BCUT2D eigenvalue weighted by molar-refractivity contribution is 0.350. The Bertz CT molecular complexity index is 590. The molecule has 0 spiro atoms. The largest absolute Gasteiger partial charge is 0.493 e. The van der Waals surface area contributed by atoms with Crippen molar-refractivity contribution < 1.29 is 22.3 Å². The van der Waals surface area contributed by atoms with Crippen LogP contribution in [-0.4, -0.2) is 35.2 Å². The Labute approximate surface area is 124 Å². The first-order valence-electron chi connectivity index (χ1n) is 6.39. The van der Waals surface area contributed by atoms with Crippen molar-refractivity contribution in [2.24, 2.45) is 11.7 Å². The number of nitrogens with two attached hydrogens (primary N) is 1. The van der Waals surface area contributed by atoms with Gasteiger partial charge in [0.15, 0.2) is 11.5 Å². The van der Waals surface area contributed by atoms with E-state index in [1.165, 1.54) is 14.2 Å². The van der Waals surface area contributed by atoms with Gasteiger partial charge >= 0.3 is 0 Å². The van der Waals surface area contributed by atoms with Gasteiger partial charge < -0.3 is 15.2 Å². The molecule has 0 saturated heterocycles. The van der Waals surface area contributed by atoms with Crippen molar-refractivity contribution in [2.45, 2.75) is 24.8 Å². The van der Waals surface area contributed by atoms with Gasteiger partial charge in [0.2, 0.25) is 10.0 Å². The van der Waals surface area contributed by atoms with Crippen LogP contribution in [0.5, 0.6) is 11.5 Å². The molecule has 0 saturated carbocycles. The summed E-state index contributed by atoms with van der Waals surface area (Å²) in [7, 11) is -1.34. The van der Waals surface area contributed by atoms with Gasteiger partial charge in [-0.05, 0) is 5.92 Å². The summed E-state index contributed by atoms with van der Waals surface area (Å²) in [6, 6.07) is 1.69. The number of hydrogen-bond acceptors (Lipinski definition) is 5. The number of sulfonamides is 1. The van der Waals surface area contributed by atoms with Crippen LogP contribution >= 0.6 is 0 Å². The first-order chi connectivity index (χ1) is 9.72. The molecular weight excluding hydrogens is 299 g/mol. The first kappa shape index (κ1) is 17.7. The summed E-state index contributed by atoms with van der Waals surface area (Å²) in [4.78, 5) is -0.504. The van der Waals surface area contributed by atoms with E-state index in [0.717, 1.165) is 12.1 Å². The molecule has 0 aromatic heterocycles. The summed E-state index contributed by atoms with van der Waals surface area (Å²) in [5.74, 6) is -0.568. The molecule has 120 valence electrons. The molecule has 0 aliphatic carbocycles. The summed E-state index contributed by atoms with van der Waals surface area (Å²) in [5, 5.41) is 0. The van der Waals surface area contributed by atoms with Gasteiger partial charge in [0.1, 0.15) is 10.7 Å². The quantitative estimate of drug-likeness (QED) is 0.785. The molecule has 1 rings (SSSR count). The normalized spacial score (nSPS) is 13.3. The van der Waals surface area contributed by atoms with Crippen molar-refractivity contribution in [2.75, 3.05) is 20.8 Å². The van der Waals surface area contributed by atoms with E-state index in [0.29, 0.717) is 0 Å². The molecule has 1 aromatic carbocycles. The summed E-state index contributed by atoms with van der Waals surface area (Å²) in [6.45, 7) is 3.76. The molecule has 0 bridgehead atoms. The number of rotatable bonds is 7. The highest BCUT2D eigenvalue weighted by Gasteiger charge is 2.23. The van der Waals surface area contributed by atoms with Gasteiger partial charge in [-0.1, -0.05) is 13.8 Å². The van der Waals surface area contributed by atoms with Crippen molar-refractivity contribution in [3.63, 3.8) is 0 Å². The number of halogens is 1. The molecule has 0 fully saturated rings. The van der Waals surface area contributed by atoms with Crippen molar-refractivity contribution in [1.82, 2.24) is 4.72 Å². The van der Waals surface area contributed by atoms with Crippen LogP contribution in [-0.2, 0) is 10.0 Å². The highest BCUT2D eigenvalue weighted by Crippen LogP contribution is 2.31. The van der Waals surface area contributed by atoms with Crippen LogP contribution in [0.15, 0.2) is 17.0 Å². The molecule has 1 atom stereocenters. The Balaban J connectivity index is 3.08. The van der Waals surface area contributed by atoms with Gasteiger partial charge in [-0.15, -0.1) is 0 Å². The zero-order valence-corrected chi connectivity index (χ0v) is 13.3. The van der Waals surface area contributed by atoms with Gasteiger partial charge in [-0.2, -0.15) is 0 Å². The lowest BCUT2D eigenvalue weighted by Gasteiger charge is -2.17. The summed E-state index contributed by atoms with van der Waals surface area (Å²) in [5.41, 5.74) is 5.78. The molecular formula is C13H21FN2O4S. The predicted molar refractivity (Wildman–Crippen MR) is 77.5 cm³/mol. The highest BCUT2D eigenvalue weighted by molar-refractivity contribution is 7.89. The smallest absolute Gasteiger partial charge is 0.243 e. The second-order valence-corrected chi connectivity index (χ2v) is 6.63. The third kappa shape index (κ3) is 4.29. The van der Waals surface area contributed by atoms with E-state index < -0.39 is 20.7 Å². The summed E-state index contributed by atoms with van der Waals surface area (Å²) < 4.78 is 50.4. The molecule has 8 heteroatoms. The summed E-state index contributed by atoms with van der Waals surface area (Å²) in [6.07, 6.45) is 0. The molecule has 3 N–H and O–H groups in total. The molecule has 6 nitrogen and oxygen atoms in total. The highest BCUT2D eigenvalue weighted by atomic mass is 32.2. The van der Waals surface area contributed by atoms with E-state index in [1.54, 1.807) is 0 Å². The number of nitrogens with one attached hydrogen (secondary N) is 1. The van der Waals surface area contributed by atoms with Crippen LogP contribution in [0.25, 0.3) is 0 Å². The molecule has 1 aromatic rings. The third-order valence-electron chi connectivity index (χ3n) is 3.09. The minimum absolute atomic E-state index is 0.0216. The number of benzene rings is 1. The Hall–Kier alpha value is -1.38.